The van der Waals surface area contributed by atoms with Gasteiger partial charge < -0.3 is 14.8 Å². The molecule has 2 aromatic carbocycles. The number of hydrogen-bond acceptors (Lipinski definition) is 8. The number of hydrogen-bond donors (Lipinski definition) is 3. The summed E-state index contributed by atoms with van der Waals surface area (Å²) >= 11 is 14.2. The van der Waals surface area contributed by atoms with Gasteiger partial charge in [-0.15, -0.1) is 0 Å². The first-order valence-electron chi connectivity index (χ1n) is 9.52. The van der Waals surface area contributed by atoms with E-state index in [0.29, 0.717) is 12.2 Å². The van der Waals surface area contributed by atoms with Gasteiger partial charge in [-0.05, 0) is 30.7 Å². The summed E-state index contributed by atoms with van der Waals surface area (Å²) in [5, 5.41) is 13.8. The maximum atomic E-state index is 12.8. The van der Waals surface area contributed by atoms with Gasteiger partial charge in [-0.2, -0.15) is 38.4 Å². The summed E-state index contributed by atoms with van der Waals surface area (Å²) in [7, 11) is 0. The van der Waals surface area contributed by atoms with Crippen LogP contribution in [0.5, 0.6) is 11.5 Å². The molecule has 0 fully saturated rings. The minimum atomic E-state index is -4.56. The molecule has 0 amide bonds. The molecule has 0 bridgehead atoms. The van der Waals surface area contributed by atoms with Crippen molar-refractivity contribution in [1.29, 1.82) is 0 Å². The van der Waals surface area contributed by atoms with Crippen LogP contribution in [0.2, 0.25) is 5.02 Å². The lowest BCUT2D eigenvalue weighted by molar-refractivity contribution is -0.384. The molecule has 2 aromatic rings. The molecule has 0 aromatic heterocycles. The van der Waals surface area contributed by atoms with E-state index < -0.39 is 22.6 Å². The summed E-state index contributed by atoms with van der Waals surface area (Å²) in [6.45, 7) is 0.228. The van der Waals surface area contributed by atoms with E-state index in [2.05, 4.69) is 30.6 Å². The van der Waals surface area contributed by atoms with Gasteiger partial charge in [0.15, 0.2) is 0 Å². The molecular formula is C20H20ClF3N2O5S2. The molecule has 0 aliphatic carbocycles. The normalized spacial score (nSPS) is 12.2. The Balaban J connectivity index is 2.04. The zero-order valence-corrected chi connectivity index (χ0v) is 19.5. The van der Waals surface area contributed by atoms with Gasteiger partial charge in [0.1, 0.15) is 17.2 Å². The molecule has 1 N–H and O–H groups in total. The Labute approximate surface area is 203 Å². The van der Waals surface area contributed by atoms with Crippen LogP contribution in [-0.4, -0.2) is 35.0 Å². The van der Waals surface area contributed by atoms with Crippen LogP contribution in [0.25, 0.3) is 0 Å². The van der Waals surface area contributed by atoms with E-state index in [1.807, 2.05) is 0 Å². The number of esters is 1. The lowest BCUT2D eigenvalue weighted by Gasteiger charge is -2.13. The van der Waals surface area contributed by atoms with E-state index in [9.17, 15) is 28.1 Å². The zero-order valence-electron chi connectivity index (χ0n) is 17.0. The van der Waals surface area contributed by atoms with Crippen molar-refractivity contribution >= 4 is 54.2 Å². The molecule has 1 atom stereocenters. The lowest BCUT2D eigenvalue weighted by Crippen LogP contribution is -2.14. The number of nitrogens with zero attached hydrogens (tertiary/aromatic N) is 1. The Bertz CT molecular complexity index is 995. The molecule has 180 valence electrons. The fourth-order valence-electron chi connectivity index (χ4n) is 2.54. The minimum Gasteiger partial charge on any atom is -0.466 e. The molecule has 13 heteroatoms. The molecule has 33 heavy (non-hydrogen) atoms. The Hall–Kier alpha value is -2.31. The summed E-state index contributed by atoms with van der Waals surface area (Å²) in [4.78, 5) is 22.5. The molecule has 0 saturated carbocycles. The third kappa shape index (κ3) is 8.52. The van der Waals surface area contributed by atoms with Crippen LogP contribution in [0.3, 0.4) is 0 Å². The van der Waals surface area contributed by atoms with Crippen LogP contribution < -0.4 is 10.1 Å². The number of carbonyl (C=O) groups excluding carboxylic acids is 1. The Morgan fingerprint density at radius 2 is 1.97 bits per heavy atom. The fourth-order valence-corrected chi connectivity index (χ4v) is 3.04. The SMILES string of the molecule is O=C(CCNc1cc(Oc2ccc(C(F)(F)F)cc2Cl)ccc1[N+](=O)[O-])OCCC(S)CS. The standard InChI is InChI=1S/C20H20ClF3N2O5S2/c21-15-9-12(20(22,23)24)1-4-18(15)31-13-2-3-17(26(28)29)16(10-13)25-7-5-19(27)30-8-6-14(33)11-32/h1-4,9-10,14,25,32-33H,5-8,11H2. The highest BCUT2D eigenvalue weighted by Gasteiger charge is 2.31. The minimum absolute atomic E-state index is 0.00261. The van der Waals surface area contributed by atoms with Crippen LogP contribution >= 0.6 is 36.9 Å². The number of nitrogens with one attached hydrogen (secondary N) is 1. The first kappa shape index (κ1) is 26.9. The molecule has 0 spiro atoms. The third-order valence-electron chi connectivity index (χ3n) is 4.22. The van der Waals surface area contributed by atoms with Crippen LogP contribution in [0.4, 0.5) is 24.5 Å². The summed E-state index contributed by atoms with van der Waals surface area (Å²) in [5.74, 6) is 0.0894. The largest absolute Gasteiger partial charge is 0.466 e. The number of thiol groups is 2. The highest BCUT2D eigenvalue weighted by Crippen LogP contribution is 2.38. The molecule has 2 rings (SSSR count). The van der Waals surface area contributed by atoms with Crippen molar-refractivity contribution in [3.63, 3.8) is 0 Å². The number of carbonyl (C=O) groups is 1. The van der Waals surface area contributed by atoms with E-state index in [1.165, 1.54) is 12.1 Å². The monoisotopic (exact) mass is 524 g/mol. The van der Waals surface area contributed by atoms with Crippen LogP contribution in [-0.2, 0) is 15.7 Å². The predicted molar refractivity (Wildman–Crippen MR) is 125 cm³/mol. The number of nitro benzene ring substituents is 1. The fraction of sp³-hybridized carbons (Fsp3) is 0.350. The second kappa shape index (κ2) is 12.2. The Kier molecular flexibility index (Phi) is 9.99. The van der Waals surface area contributed by atoms with Crippen molar-refractivity contribution in [3.8, 4) is 11.5 Å². The predicted octanol–water partition coefficient (Wildman–Crippen LogP) is 6.02. The van der Waals surface area contributed by atoms with Crippen LogP contribution in [0.15, 0.2) is 36.4 Å². The maximum Gasteiger partial charge on any atom is 0.416 e. The second-order valence-electron chi connectivity index (χ2n) is 6.70. The molecule has 0 saturated heterocycles. The van der Waals surface area contributed by atoms with Crippen molar-refractivity contribution < 1.29 is 32.4 Å². The van der Waals surface area contributed by atoms with E-state index in [-0.39, 0.29) is 52.7 Å². The van der Waals surface area contributed by atoms with Gasteiger partial charge >= 0.3 is 12.1 Å². The van der Waals surface area contributed by atoms with Gasteiger partial charge in [0.2, 0.25) is 0 Å². The number of alkyl halides is 3. The lowest BCUT2D eigenvalue weighted by atomic mass is 10.2. The van der Waals surface area contributed by atoms with Crippen molar-refractivity contribution in [1.82, 2.24) is 0 Å². The molecule has 1 unspecified atom stereocenters. The highest BCUT2D eigenvalue weighted by molar-refractivity contribution is 7.84. The smallest absolute Gasteiger partial charge is 0.416 e. The van der Waals surface area contributed by atoms with Crippen LogP contribution in [0, 0.1) is 10.1 Å². The van der Waals surface area contributed by atoms with E-state index in [4.69, 9.17) is 21.1 Å². The van der Waals surface area contributed by atoms with Crippen molar-refractivity contribution in [2.24, 2.45) is 0 Å². The molecular weight excluding hydrogens is 505 g/mol. The molecule has 0 radical (unpaired) electrons. The van der Waals surface area contributed by atoms with Crippen molar-refractivity contribution in [2.75, 3.05) is 24.2 Å². The summed E-state index contributed by atoms with van der Waals surface area (Å²) in [6.07, 6.45) is -4.07. The van der Waals surface area contributed by atoms with Gasteiger partial charge in [-0.25, -0.2) is 0 Å². The number of halogens is 4. The van der Waals surface area contributed by atoms with Gasteiger partial charge in [0, 0.05) is 29.7 Å². The average molecular weight is 525 g/mol. The molecule has 0 aliphatic heterocycles. The summed E-state index contributed by atoms with van der Waals surface area (Å²) in [5.41, 5.74) is -1.16. The quantitative estimate of drug-likeness (QED) is 0.144. The van der Waals surface area contributed by atoms with Gasteiger partial charge in [-0.3, -0.25) is 14.9 Å². The topological polar surface area (TPSA) is 90.7 Å². The first-order chi connectivity index (χ1) is 15.5. The van der Waals surface area contributed by atoms with E-state index in [0.717, 1.165) is 24.3 Å². The van der Waals surface area contributed by atoms with E-state index in [1.54, 1.807) is 0 Å². The zero-order chi connectivity index (χ0) is 24.6. The Morgan fingerprint density at radius 1 is 1.24 bits per heavy atom. The summed E-state index contributed by atoms with van der Waals surface area (Å²) < 4.78 is 48.9. The van der Waals surface area contributed by atoms with Crippen LogP contribution in [0.1, 0.15) is 18.4 Å². The maximum absolute atomic E-state index is 12.8. The van der Waals surface area contributed by atoms with Gasteiger partial charge in [-0.1, -0.05) is 11.6 Å². The molecule has 0 heterocycles. The highest BCUT2D eigenvalue weighted by atomic mass is 35.5. The first-order valence-corrected chi connectivity index (χ1v) is 11.1. The number of benzene rings is 2. The van der Waals surface area contributed by atoms with Gasteiger partial charge in [0.25, 0.3) is 5.69 Å². The van der Waals surface area contributed by atoms with Gasteiger partial charge in [0.05, 0.1) is 28.5 Å². The summed E-state index contributed by atoms with van der Waals surface area (Å²) in [6, 6.07) is 6.32. The van der Waals surface area contributed by atoms with Crippen molar-refractivity contribution in [3.05, 3.63) is 57.1 Å². The van der Waals surface area contributed by atoms with E-state index >= 15 is 0 Å². The number of anilines is 1. The number of ether oxygens (including phenoxy) is 2. The third-order valence-corrected chi connectivity index (χ3v) is 5.69. The molecule has 0 aliphatic rings. The Morgan fingerprint density at radius 3 is 2.58 bits per heavy atom. The molecule has 7 nitrogen and oxygen atoms in total. The number of nitro groups is 1. The second-order valence-corrected chi connectivity index (χ2v) is 8.21. The average Bonchev–Trinajstić information content (AvgIpc) is 2.74. The number of rotatable bonds is 11. The van der Waals surface area contributed by atoms with Crippen molar-refractivity contribution in [2.45, 2.75) is 24.3 Å².